The van der Waals surface area contributed by atoms with Crippen molar-refractivity contribution in [1.82, 2.24) is 4.98 Å². The van der Waals surface area contributed by atoms with E-state index in [0.717, 1.165) is 12.3 Å². The maximum Gasteiger partial charge on any atom is 0.268 e. The van der Waals surface area contributed by atoms with Crippen molar-refractivity contribution in [3.8, 4) is 0 Å². The zero-order valence-electron chi connectivity index (χ0n) is 6.30. The van der Waals surface area contributed by atoms with Crippen LogP contribution in [-0.2, 0) is 0 Å². The number of rotatable bonds is 2. The van der Waals surface area contributed by atoms with Gasteiger partial charge in [-0.15, -0.1) is 0 Å². The number of carbonyl (C=O) groups is 1. The fraction of sp³-hybridized carbons (Fsp3) is 0.143. The molecule has 0 aliphatic heterocycles. The van der Waals surface area contributed by atoms with Gasteiger partial charge in [0.15, 0.2) is 0 Å². The third-order valence-corrected chi connectivity index (χ3v) is 2.22. The molecule has 1 amide bonds. The minimum Gasteiger partial charge on any atom is -0.364 e. The van der Waals surface area contributed by atoms with Crippen molar-refractivity contribution < 1.29 is 13.6 Å². The Bertz CT molecular complexity index is 343. The van der Waals surface area contributed by atoms with E-state index < -0.39 is 12.3 Å². The summed E-state index contributed by atoms with van der Waals surface area (Å²) >= 11 is 2.84. The molecule has 0 radical (unpaired) electrons. The molecular formula is C7H5BrF2N2O. The number of amides is 1. The third-order valence-electron chi connectivity index (χ3n) is 1.39. The Morgan fingerprint density at radius 2 is 2.23 bits per heavy atom. The van der Waals surface area contributed by atoms with Crippen LogP contribution in [0.5, 0.6) is 0 Å². The number of aromatic nitrogens is 1. The summed E-state index contributed by atoms with van der Waals surface area (Å²) in [5.41, 5.74) is 4.44. The maximum atomic E-state index is 12.3. The van der Waals surface area contributed by atoms with E-state index in [0.29, 0.717) is 0 Å². The molecule has 0 saturated carbocycles. The van der Waals surface area contributed by atoms with Gasteiger partial charge in [0, 0.05) is 11.8 Å². The molecule has 6 heteroatoms. The summed E-state index contributed by atoms with van der Waals surface area (Å²) in [4.78, 5) is 14.2. The summed E-state index contributed by atoms with van der Waals surface area (Å²) in [6.45, 7) is 0. The second-order valence-corrected chi connectivity index (χ2v) is 3.02. The van der Waals surface area contributed by atoms with E-state index in [9.17, 15) is 13.6 Å². The van der Waals surface area contributed by atoms with Crippen LogP contribution >= 0.6 is 15.9 Å². The van der Waals surface area contributed by atoms with Crippen LogP contribution in [0.4, 0.5) is 8.78 Å². The van der Waals surface area contributed by atoms with Gasteiger partial charge < -0.3 is 5.73 Å². The monoisotopic (exact) mass is 250 g/mol. The van der Waals surface area contributed by atoms with Crippen LogP contribution in [0.25, 0.3) is 0 Å². The Morgan fingerprint density at radius 1 is 1.62 bits per heavy atom. The van der Waals surface area contributed by atoms with E-state index in [2.05, 4.69) is 20.9 Å². The van der Waals surface area contributed by atoms with Crippen LogP contribution in [0.2, 0.25) is 0 Å². The van der Waals surface area contributed by atoms with Gasteiger partial charge in [-0.2, -0.15) is 0 Å². The molecule has 70 valence electrons. The van der Waals surface area contributed by atoms with E-state index in [1.54, 1.807) is 0 Å². The van der Waals surface area contributed by atoms with Crippen LogP contribution in [0.1, 0.15) is 22.5 Å². The highest BCUT2D eigenvalue weighted by Gasteiger charge is 2.17. The highest BCUT2D eigenvalue weighted by Crippen LogP contribution is 2.28. The number of hydrogen-bond acceptors (Lipinski definition) is 2. The molecule has 0 bridgehead atoms. The highest BCUT2D eigenvalue weighted by molar-refractivity contribution is 9.10. The molecule has 2 N–H and O–H groups in total. The van der Waals surface area contributed by atoms with Gasteiger partial charge >= 0.3 is 0 Å². The summed E-state index contributed by atoms with van der Waals surface area (Å²) in [6.07, 6.45) is -1.54. The number of nitrogens with zero attached hydrogens (tertiary/aromatic N) is 1. The normalized spacial score (nSPS) is 10.5. The van der Waals surface area contributed by atoms with Gasteiger partial charge in [0.2, 0.25) is 0 Å². The molecule has 0 saturated heterocycles. The summed E-state index contributed by atoms with van der Waals surface area (Å²) in [5, 5.41) is 0. The number of nitrogens with two attached hydrogens (primary N) is 1. The minimum atomic E-state index is -2.66. The largest absolute Gasteiger partial charge is 0.364 e. The Hall–Kier alpha value is -1.04. The second-order valence-electron chi connectivity index (χ2n) is 2.23. The van der Waals surface area contributed by atoms with Crippen molar-refractivity contribution in [2.45, 2.75) is 6.43 Å². The molecule has 1 rings (SSSR count). The molecule has 13 heavy (non-hydrogen) atoms. The fourth-order valence-corrected chi connectivity index (χ4v) is 1.40. The van der Waals surface area contributed by atoms with Gasteiger partial charge in [0.1, 0.15) is 5.69 Å². The molecule has 3 nitrogen and oxygen atoms in total. The van der Waals surface area contributed by atoms with Crippen LogP contribution in [0, 0.1) is 0 Å². The second kappa shape index (κ2) is 3.78. The summed E-state index contributed by atoms with van der Waals surface area (Å²) < 4.78 is 24.5. The van der Waals surface area contributed by atoms with Gasteiger partial charge in [-0.1, -0.05) is 0 Å². The molecule has 0 spiro atoms. The van der Waals surface area contributed by atoms with Gasteiger partial charge in [0.25, 0.3) is 12.3 Å². The molecule has 0 atom stereocenters. The lowest BCUT2D eigenvalue weighted by Crippen LogP contribution is -2.14. The third kappa shape index (κ3) is 2.00. The Kier molecular flexibility index (Phi) is 2.92. The molecular weight excluding hydrogens is 246 g/mol. The molecule has 0 aliphatic carbocycles. The van der Waals surface area contributed by atoms with Gasteiger partial charge in [-0.3, -0.25) is 4.79 Å². The predicted molar refractivity (Wildman–Crippen MR) is 45.4 cm³/mol. The van der Waals surface area contributed by atoms with Crippen molar-refractivity contribution in [3.05, 3.63) is 28.0 Å². The predicted octanol–water partition coefficient (Wildman–Crippen LogP) is 1.88. The van der Waals surface area contributed by atoms with Crippen molar-refractivity contribution in [1.29, 1.82) is 0 Å². The first-order chi connectivity index (χ1) is 6.04. The van der Waals surface area contributed by atoms with E-state index in [-0.39, 0.29) is 15.7 Å². The van der Waals surface area contributed by atoms with Crippen LogP contribution in [0.3, 0.4) is 0 Å². The van der Waals surface area contributed by atoms with E-state index >= 15 is 0 Å². The topological polar surface area (TPSA) is 56.0 Å². The number of alkyl halides is 2. The van der Waals surface area contributed by atoms with Crippen molar-refractivity contribution in [2.75, 3.05) is 0 Å². The Morgan fingerprint density at radius 3 is 2.69 bits per heavy atom. The van der Waals surface area contributed by atoms with Crippen LogP contribution < -0.4 is 5.73 Å². The zero-order chi connectivity index (χ0) is 10.0. The number of primary amides is 1. The van der Waals surface area contributed by atoms with Gasteiger partial charge in [-0.25, -0.2) is 13.8 Å². The average molecular weight is 251 g/mol. The molecule has 0 unspecified atom stereocenters. The van der Waals surface area contributed by atoms with E-state index in [1.165, 1.54) is 0 Å². The smallest absolute Gasteiger partial charge is 0.268 e. The molecule has 1 aromatic rings. The molecule has 0 aliphatic rings. The number of halogens is 3. The molecule has 1 heterocycles. The Labute approximate surface area is 81.1 Å². The SMILES string of the molecule is NC(=O)c1nccc(C(F)F)c1Br. The minimum absolute atomic E-state index is 0.0440. The van der Waals surface area contributed by atoms with Crippen LogP contribution in [0.15, 0.2) is 16.7 Å². The van der Waals surface area contributed by atoms with Gasteiger partial charge in [-0.05, 0) is 22.0 Å². The number of pyridine rings is 1. The summed E-state index contributed by atoms with van der Waals surface area (Å²) in [6, 6.07) is 1.13. The number of carbonyl (C=O) groups excluding carboxylic acids is 1. The lowest BCUT2D eigenvalue weighted by atomic mass is 10.2. The first-order valence-electron chi connectivity index (χ1n) is 3.26. The lowest BCUT2D eigenvalue weighted by molar-refractivity contribution is 0.0994. The molecule has 1 aromatic heterocycles. The maximum absolute atomic E-state index is 12.3. The van der Waals surface area contributed by atoms with Crippen LogP contribution in [-0.4, -0.2) is 10.9 Å². The summed E-state index contributed by atoms with van der Waals surface area (Å²) in [5.74, 6) is -0.839. The quantitative estimate of drug-likeness (QED) is 0.872. The zero-order valence-corrected chi connectivity index (χ0v) is 7.88. The van der Waals surface area contributed by atoms with Gasteiger partial charge in [0.05, 0.1) is 4.47 Å². The standard InChI is InChI=1S/C7H5BrF2N2O/c8-4-3(6(9)10)1-2-12-5(4)7(11)13/h1-2,6H,(H2,11,13). The fourth-order valence-electron chi connectivity index (χ4n) is 0.799. The lowest BCUT2D eigenvalue weighted by Gasteiger charge is -2.04. The Balaban J connectivity index is 3.26. The van der Waals surface area contributed by atoms with E-state index in [4.69, 9.17) is 5.73 Å². The van der Waals surface area contributed by atoms with Crippen molar-refractivity contribution >= 4 is 21.8 Å². The first-order valence-corrected chi connectivity index (χ1v) is 4.05. The summed E-state index contributed by atoms with van der Waals surface area (Å²) in [7, 11) is 0. The van der Waals surface area contributed by atoms with Crippen molar-refractivity contribution in [3.63, 3.8) is 0 Å². The molecule has 0 fully saturated rings. The average Bonchev–Trinajstić information content (AvgIpc) is 2.03. The highest BCUT2D eigenvalue weighted by atomic mass is 79.9. The van der Waals surface area contributed by atoms with Crippen molar-refractivity contribution in [2.24, 2.45) is 5.73 Å². The number of hydrogen-bond donors (Lipinski definition) is 1. The van der Waals surface area contributed by atoms with E-state index in [1.807, 2.05) is 0 Å². The first kappa shape index (κ1) is 10.0. The molecule has 0 aromatic carbocycles.